The van der Waals surface area contributed by atoms with E-state index in [1.165, 1.54) is 12.4 Å². The van der Waals surface area contributed by atoms with E-state index < -0.39 is 0 Å². The average Bonchev–Trinajstić information content (AvgIpc) is 2.60. The minimum absolute atomic E-state index is 0.284. The van der Waals surface area contributed by atoms with E-state index in [-0.39, 0.29) is 10.9 Å². The van der Waals surface area contributed by atoms with Gasteiger partial charge in [-0.05, 0) is 36.4 Å². The highest BCUT2D eigenvalue weighted by Gasteiger charge is 2.11. The van der Waals surface area contributed by atoms with Crippen molar-refractivity contribution in [3.8, 4) is 11.4 Å². The maximum atomic E-state index is 12.3. The van der Waals surface area contributed by atoms with E-state index in [2.05, 4.69) is 15.3 Å². The quantitative estimate of drug-likeness (QED) is 0.668. The molecule has 1 amide bonds. The van der Waals surface area contributed by atoms with Gasteiger partial charge in [-0.25, -0.2) is 9.97 Å². The minimum Gasteiger partial charge on any atom is -0.320 e. The number of amides is 1. The van der Waals surface area contributed by atoms with Crippen LogP contribution < -0.4 is 5.32 Å². The van der Waals surface area contributed by atoms with E-state index in [9.17, 15) is 4.79 Å². The number of halogens is 3. The van der Waals surface area contributed by atoms with E-state index in [1.54, 1.807) is 30.3 Å². The first kappa shape index (κ1) is 16.7. The molecule has 0 saturated heterocycles. The zero-order valence-electron chi connectivity index (χ0n) is 12.1. The van der Waals surface area contributed by atoms with Gasteiger partial charge < -0.3 is 5.32 Å². The van der Waals surface area contributed by atoms with Gasteiger partial charge in [0.2, 0.25) is 0 Å². The van der Waals surface area contributed by atoms with Crippen LogP contribution in [0.2, 0.25) is 15.1 Å². The average molecular weight is 379 g/mol. The van der Waals surface area contributed by atoms with Crippen LogP contribution in [0.5, 0.6) is 0 Å². The molecule has 120 valence electrons. The van der Waals surface area contributed by atoms with Crippen LogP contribution in [0, 0.1) is 0 Å². The number of anilines is 1. The van der Waals surface area contributed by atoms with Gasteiger partial charge in [-0.2, -0.15) is 0 Å². The predicted octanol–water partition coefficient (Wildman–Crippen LogP) is 5.36. The molecule has 7 heteroatoms. The fourth-order valence-corrected chi connectivity index (χ4v) is 2.46. The third kappa shape index (κ3) is 3.67. The summed E-state index contributed by atoms with van der Waals surface area (Å²) in [7, 11) is 0. The highest BCUT2D eigenvalue weighted by atomic mass is 35.5. The Bertz CT molecular complexity index is 881. The molecule has 0 aliphatic heterocycles. The molecule has 1 heterocycles. The highest BCUT2D eigenvalue weighted by Crippen LogP contribution is 2.29. The van der Waals surface area contributed by atoms with Crippen molar-refractivity contribution in [3.05, 3.63) is 75.5 Å². The minimum atomic E-state index is -0.373. The fourth-order valence-electron chi connectivity index (χ4n) is 1.99. The summed E-state index contributed by atoms with van der Waals surface area (Å²) in [6.07, 6.45) is 2.90. The van der Waals surface area contributed by atoms with Crippen LogP contribution in [0.25, 0.3) is 11.4 Å². The molecule has 1 aromatic heterocycles. The SMILES string of the molecule is O=C(Nc1cccc(Cl)c1Cl)c1cnc(-c2ccc(Cl)cc2)nc1. The third-order valence-corrected chi connectivity index (χ3v) is 4.29. The smallest absolute Gasteiger partial charge is 0.258 e. The van der Waals surface area contributed by atoms with Crippen LogP contribution in [-0.4, -0.2) is 15.9 Å². The zero-order chi connectivity index (χ0) is 17.1. The molecular weight excluding hydrogens is 369 g/mol. The molecule has 24 heavy (non-hydrogen) atoms. The fraction of sp³-hybridized carbons (Fsp3) is 0. The monoisotopic (exact) mass is 377 g/mol. The number of carbonyl (C=O) groups excluding carboxylic acids is 1. The van der Waals surface area contributed by atoms with Gasteiger partial charge in [0.25, 0.3) is 5.91 Å². The van der Waals surface area contributed by atoms with Crippen molar-refractivity contribution < 1.29 is 4.79 Å². The van der Waals surface area contributed by atoms with Crippen LogP contribution >= 0.6 is 34.8 Å². The van der Waals surface area contributed by atoms with Crippen LogP contribution in [0.4, 0.5) is 5.69 Å². The second-order valence-electron chi connectivity index (χ2n) is 4.86. The van der Waals surface area contributed by atoms with Crippen molar-refractivity contribution in [2.24, 2.45) is 0 Å². The van der Waals surface area contributed by atoms with Crippen molar-refractivity contribution in [3.63, 3.8) is 0 Å². The Hall–Kier alpha value is -2.14. The molecule has 0 spiro atoms. The Labute approximate surface area is 153 Å². The number of hydrogen-bond donors (Lipinski definition) is 1. The first-order chi connectivity index (χ1) is 11.5. The lowest BCUT2D eigenvalue weighted by Gasteiger charge is -2.08. The molecule has 0 saturated carbocycles. The third-order valence-electron chi connectivity index (χ3n) is 3.22. The van der Waals surface area contributed by atoms with Gasteiger partial charge in [-0.3, -0.25) is 4.79 Å². The van der Waals surface area contributed by atoms with Crippen molar-refractivity contribution in [1.29, 1.82) is 0 Å². The first-order valence-electron chi connectivity index (χ1n) is 6.88. The molecule has 1 N–H and O–H groups in total. The summed E-state index contributed by atoms with van der Waals surface area (Å²) >= 11 is 17.8. The van der Waals surface area contributed by atoms with Crippen LogP contribution in [-0.2, 0) is 0 Å². The second-order valence-corrected chi connectivity index (χ2v) is 6.08. The van der Waals surface area contributed by atoms with Crippen molar-refractivity contribution in [2.75, 3.05) is 5.32 Å². The lowest BCUT2D eigenvalue weighted by Crippen LogP contribution is -2.13. The number of benzene rings is 2. The summed E-state index contributed by atoms with van der Waals surface area (Å²) in [4.78, 5) is 20.7. The van der Waals surface area contributed by atoms with Gasteiger partial charge in [0.05, 0.1) is 21.3 Å². The Morgan fingerprint density at radius 2 is 1.58 bits per heavy atom. The largest absolute Gasteiger partial charge is 0.320 e. The Kier molecular flexibility index (Phi) is 5.00. The molecule has 2 aromatic carbocycles. The molecule has 0 unspecified atom stereocenters. The van der Waals surface area contributed by atoms with Gasteiger partial charge in [0.1, 0.15) is 0 Å². The van der Waals surface area contributed by atoms with Gasteiger partial charge in [-0.1, -0.05) is 40.9 Å². The highest BCUT2D eigenvalue weighted by molar-refractivity contribution is 6.44. The molecule has 4 nitrogen and oxygen atoms in total. The van der Waals surface area contributed by atoms with Crippen molar-refractivity contribution in [2.45, 2.75) is 0 Å². The van der Waals surface area contributed by atoms with E-state index in [0.29, 0.717) is 27.1 Å². The lowest BCUT2D eigenvalue weighted by atomic mass is 10.2. The predicted molar refractivity (Wildman–Crippen MR) is 96.9 cm³/mol. The summed E-state index contributed by atoms with van der Waals surface area (Å²) in [6, 6.07) is 12.1. The summed E-state index contributed by atoms with van der Waals surface area (Å²) in [5, 5.41) is 3.96. The maximum absolute atomic E-state index is 12.3. The van der Waals surface area contributed by atoms with Gasteiger partial charge >= 0.3 is 0 Å². The number of nitrogens with one attached hydrogen (secondary N) is 1. The number of nitrogens with zero attached hydrogens (tertiary/aromatic N) is 2. The topological polar surface area (TPSA) is 54.9 Å². The molecule has 0 fully saturated rings. The van der Waals surface area contributed by atoms with Crippen molar-refractivity contribution >= 4 is 46.4 Å². The normalized spacial score (nSPS) is 10.5. The first-order valence-corrected chi connectivity index (χ1v) is 8.01. The second kappa shape index (κ2) is 7.18. The van der Waals surface area contributed by atoms with Crippen molar-refractivity contribution in [1.82, 2.24) is 9.97 Å². The van der Waals surface area contributed by atoms with E-state index in [1.807, 2.05) is 12.1 Å². The molecule has 0 aliphatic carbocycles. The Morgan fingerprint density at radius 1 is 0.917 bits per heavy atom. The van der Waals surface area contributed by atoms with Gasteiger partial charge in [0.15, 0.2) is 5.82 Å². The number of hydrogen-bond acceptors (Lipinski definition) is 3. The molecular formula is C17H10Cl3N3O. The van der Waals surface area contributed by atoms with Crippen LogP contribution in [0.15, 0.2) is 54.9 Å². The Balaban J connectivity index is 1.79. The lowest BCUT2D eigenvalue weighted by molar-refractivity contribution is 0.102. The molecule has 3 rings (SSSR count). The Morgan fingerprint density at radius 3 is 2.25 bits per heavy atom. The molecule has 3 aromatic rings. The van der Waals surface area contributed by atoms with E-state index in [4.69, 9.17) is 34.8 Å². The molecule has 0 radical (unpaired) electrons. The number of rotatable bonds is 3. The van der Waals surface area contributed by atoms with E-state index in [0.717, 1.165) is 5.56 Å². The summed E-state index contributed by atoms with van der Waals surface area (Å²) in [5.74, 6) is 0.130. The van der Waals surface area contributed by atoms with Crippen LogP contribution in [0.1, 0.15) is 10.4 Å². The molecule has 0 bridgehead atoms. The van der Waals surface area contributed by atoms with E-state index >= 15 is 0 Å². The molecule has 0 atom stereocenters. The standard InChI is InChI=1S/C17H10Cl3N3O/c18-12-6-4-10(5-7-12)16-21-8-11(9-22-16)17(24)23-14-3-1-2-13(19)15(14)20/h1-9H,(H,23,24). The van der Waals surface area contributed by atoms with Crippen LogP contribution in [0.3, 0.4) is 0 Å². The van der Waals surface area contributed by atoms with Gasteiger partial charge in [-0.15, -0.1) is 0 Å². The zero-order valence-corrected chi connectivity index (χ0v) is 14.4. The number of aromatic nitrogens is 2. The summed E-state index contributed by atoms with van der Waals surface area (Å²) in [5.41, 5.74) is 1.55. The van der Waals surface area contributed by atoms with Gasteiger partial charge in [0, 0.05) is 23.0 Å². The summed E-state index contributed by atoms with van der Waals surface area (Å²) in [6.45, 7) is 0. The summed E-state index contributed by atoms with van der Waals surface area (Å²) < 4.78 is 0. The number of carbonyl (C=O) groups is 1. The maximum Gasteiger partial charge on any atom is 0.258 e. The molecule has 0 aliphatic rings.